The van der Waals surface area contributed by atoms with Gasteiger partial charge in [0, 0.05) is 20.2 Å². The lowest BCUT2D eigenvalue weighted by Crippen LogP contribution is -2.18. The number of hydrogen-bond acceptors (Lipinski definition) is 4. The van der Waals surface area contributed by atoms with E-state index in [1.807, 2.05) is 36.4 Å². The van der Waals surface area contributed by atoms with Gasteiger partial charge >= 0.3 is 0 Å². The van der Waals surface area contributed by atoms with Gasteiger partial charge in [-0.2, -0.15) is 0 Å². The predicted octanol–water partition coefficient (Wildman–Crippen LogP) is 1.88. The summed E-state index contributed by atoms with van der Waals surface area (Å²) in [6.07, 6.45) is 5.79. The maximum atomic E-state index is 4.95. The second kappa shape index (κ2) is 6.83. The first-order valence-electron chi connectivity index (χ1n) is 5.98. The maximum absolute atomic E-state index is 4.95. The standard InChI is InChI=1S/C14H17N3O/c1-18-10-9-15-8-4-5-12-11-16-13-6-2-3-7-14(13)17-12/h2-7,11,15H,8-10H2,1H3. The third-order valence-corrected chi connectivity index (χ3v) is 2.50. The van der Waals surface area contributed by atoms with Crippen molar-refractivity contribution >= 4 is 17.1 Å². The van der Waals surface area contributed by atoms with E-state index in [1.54, 1.807) is 13.3 Å². The largest absolute Gasteiger partial charge is 0.383 e. The van der Waals surface area contributed by atoms with E-state index in [2.05, 4.69) is 15.3 Å². The monoisotopic (exact) mass is 243 g/mol. The molecule has 0 saturated heterocycles. The molecule has 94 valence electrons. The van der Waals surface area contributed by atoms with Crippen LogP contribution in [-0.4, -0.2) is 36.8 Å². The van der Waals surface area contributed by atoms with Crippen molar-refractivity contribution in [3.8, 4) is 0 Å². The zero-order chi connectivity index (χ0) is 12.6. The molecule has 1 aromatic heterocycles. The first kappa shape index (κ1) is 12.7. The molecule has 0 saturated carbocycles. The minimum atomic E-state index is 0.726. The molecule has 1 aromatic carbocycles. The summed E-state index contributed by atoms with van der Waals surface area (Å²) in [6, 6.07) is 7.86. The SMILES string of the molecule is COCCNCC=Cc1cnc2ccccc2n1. The minimum absolute atomic E-state index is 0.726. The van der Waals surface area contributed by atoms with Crippen molar-refractivity contribution in [1.82, 2.24) is 15.3 Å². The fraction of sp³-hybridized carbons (Fsp3) is 0.286. The molecule has 0 atom stereocenters. The highest BCUT2D eigenvalue weighted by atomic mass is 16.5. The van der Waals surface area contributed by atoms with Crippen molar-refractivity contribution in [1.29, 1.82) is 0 Å². The molecule has 4 heteroatoms. The Bertz CT molecular complexity index is 525. The van der Waals surface area contributed by atoms with Crippen LogP contribution in [0.5, 0.6) is 0 Å². The highest BCUT2D eigenvalue weighted by molar-refractivity contribution is 5.74. The Morgan fingerprint density at radius 3 is 2.94 bits per heavy atom. The van der Waals surface area contributed by atoms with Crippen LogP contribution in [0.1, 0.15) is 5.69 Å². The summed E-state index contributed by atoms with van der Waals surface area (Å²) in [5.74, 6) is 0. The molecule has 4 nitrogen and oxygen atoms in total. The fourth-order valence-corrected chi connectivity index (χ4v) is 1.59. The number of ether oxygens (including phenoxy) is 1. The lowest BCUT2D eigenvalue weighted by Gasteiger charge is -1.99. The first-order chi connectivity index (χ1) is 8.90. The quantitative estimate of drug-likeness (QED) is 0.787. The lowest BCUT2D eigenvalue weighted by atomic mass is 10.3. The summed E-state index contributed by atoms with van der Waals surface area (Å²) in [5.41, 5.74) is 2.72. The van der Waals surface area contributed by atoms with E-state index in [4.69, 9.17) is 4.74 Å². The number of hydrogen-bond donors (Lipinski definition) is 1. The topological polar surface area (TPSA) is 47.0 Å². The van der Waals surface area contributed by atoms with Crippen LogP contribution in [-0.2, 0) is 4.74 Å². The summed E-state index contributed by atoms with van der Waals surface area (Å²) in [4.78, 5) is 8.86. The molecule has 1 heterocycles. The highest BCUT2D eigenvalue weighted by Crippen LogP contribution is 2.08. The van der Waals surface area contributed by atoms with E-state index in [9.17, 15) is 0 Å². The van der Waals surface area contributed by atoms with Crippen molar-refractivity contribution in [2.24, 2.45) is 0 Å². The second-order valence-electron chi connectivity index (χ2n) is 3.88. The normalized spacial score (nSPS) is 11.4. The van der Waals surface area contributed by atoms with Gasteiger partial charge in [-0.1, -0.05) is 18.2 Å². The van der Waals surface area contributed by atoms with Crippen molar-refractivity contribution in [2.75, 3.05) is 26.8 Å². The molecular formula is C14H17N3O. The van der Waals surface area contributed by atoms with E-state index in [0.717, 1.165) is 36.4 Å². The summed E-state index contributed by atoms with van der Waals surface area (Å²) < 4.78 is 4.95. The van der Waals surface area contributed by atoms with Gasteiger partial charge in [-0.05, 0) is 18.2 Å². The molecular weight excluding hydrogens is 226 g/mol. The Balaban J connectivity index is 1.93. The number of benzene rings is 1. The van der Waals surface area contributed by atoms with E-state index in [1.165, 1.54) is 0 Å². The van der Waals surface area contributed by atoms with E-state index >= 15 is 0 Å². The Hall–Kier alpha value is -1.78. The Morgan fingerprint density at radius 2 is 2.11 bits per heavy atom. The van der Waals surface area contributed by atoms with Crippen LogP contribution in [0, 0.1) is 0 Å². The zero-order valence-electron chi connectivity index (χ0n) is 10.5. The van der Waals surface area contributed by atoms with Crippen LogP contribution in [0.15, 0.2) is 36.5 Å². The molecule has 0 aliphatic rings. The molecule has 0 radical (unpaired) electrons. The van der Waals surface area contributed by atoms with Gasteiger partial charge in [-0.3, -0.25) is 4.98 Å². The van der Waals surface area contributed by atoms with Gasteiger partial charge in [-0.25, -0.2) is 4.98 Å². The predicted molar refractivity (Wildman–Crippen MR) is 73.3 cm³/mol. The van der Waals surface area contributed by atoms with Crippen LogP contribution in [0.3, 0.4) is 0 Å². The third-order valence-electron chi connectivity index (χ3n) is 2.50. The fourth-order valence-electron chi connectivity index (χ4n) is 1.59. The number of nitrogens with one attached hydrogen (secondary N) is 1. The minimum Gasteiger partial charge on any atom is -0.383 e. The van der Waals surface area contributed by atoms with Gasteiger partial charge < -0.3 is 10.1 Å². The third kappa shape index (κ3) is 3.61. The average molecular weight is 243 g/mol. The van der Waals surface area contributed by atoms with Gasteiger partial charge in [0.15, 0.2) is 0 Å². The molecule has 0 aliphatic heterocycles. The van der Waals surface area contributed by atoms with Gasteiger partial charge in [0.25, 0.3) is 0 Å². The first-order valence-corrected chi connectivity index (χ1v) is 5.98. The number of para-hydroxylation sites is 2. The Morgan fingerprint density at radius 1 is 1.28 bits per heavy atom. The summed E-state index contributed by atoms with van der Waals surface area (Å²) in [7, 11) is 1.70. The van der Waals surface area contributed by atoms with Crippen molar-refractivity contribution < 1.29 is 4.74 Å². The van der Waals surface area contributed by atoms with Gasteiger partial charge in [0.2, 0.25) is 0 Å². The van der Waals surface area contributed by atoms with E-state index in [0.29, 0.717) is 0 Å². The smallest absolute Gasteiger partial charge is 0.0894 e. The van der Waals surface area contributed by atoms with E-state index < -0.39 is 0 Å². The lowest BCUT2D eigenvalue weighted by molar-refractivity contribution is 0.200. The molecule has 18 heavy (non-hydrogen) atoms. The summed E-state index contributed by atoms with van der Waals surface area (Å²) >= 11 is 0. The molecule has 0 unspecified atom stereocenters. The highest BCUT2D eigenvalue weighted by Gasteiger charge is 1.95. The molecule has 0 aliphatic carbocycles. The van der Waals surface area contributed by atoms with Crippen molar-refractivity contribution in [2.45, 2.75) is 0 Å². The number of methoxy groups -OCH3 is 1. The molecule has 1 N–H and O–H groups in total. The van der Waals surface area contributed by atoms with Crippen molar-refractivity contribution in [3.63, 3.8) is 0 Å². The Labute approximate surface area is 107 Å². The zero-order valence-corrected chi connectivity index (χ0v) is 10.5. The number of nitrogens with zero attached hydrogens (tertiary/aromatic N) is 2. The van der Waals surface area contributed by atoms with Gasteiger partial charge in [0.1, 0.15) is 0 Å². The van der Waals surface area contributed by atoms with Crippen LogP contribution in [0.25, 0.3) is 17.1 Å². The molecule has 2 aromatic rings. The van der Waals surface area contributed by atoms with Crippen LogP contribution in [0.2, 0.25) is 0 Å². The van der Waals surface area contributed by atoms with Crippen LogP contribution < -0.4 is 5.32 Å². The molecule has 0 bridgehead atoms. The van der Waals surface area contributed by atoms with Crippen LogP contribution >= 0.6 is 0 Å². The Kier molecular flexibility index (Phi) is 4.81. The number of rotatable bonds is 6. The molecule has 0 fully saturated rings. The summed E-state index contributed by atoms with van der Waals surface area (Å²) in [6.45, 7) is 2.38. The second-order valence-corrected chi connectivity index (χ2v) is 3.88. The van der Waals surface area contributed by atoms with Gasteiger partial charge in [-0.15, -0.1) is 0 Å². The van der Waals surface area contributed by atoms with Crippen molar-refractivity contribution in [3.05, 3.63) is 42.2 Å². The maximum Gasteiger partial charge on any atom is 0.0894 e. The van der Waals surface area contributed by atoms with E-state index in [-0.39, 0.29) is 0 Å². The summed E-state index contributed by atoms with van der Waals surface area (Å²) in [5, 5.41) is 3.23. The average Bonchev–Trinajstić information content (AvgIpc) is 2.42. The van der Waals surface area contributed by atoms with Crippen LogP contribution in [0.4, 0.5) is 0 Å². The number of fused-ring (bicyclic) bond motifs is 1. The molecule has 0 amide bonds. The van der Waals surface area contributed by atoms with Gasteiger partial charge in [0.05, 0.1) is 29.5 Å². The molecule has 0 spiro atoms. The number of aromatic nitrogens is 2. The molecule has 2 rings (SSSR count).